The zero-order valence-corrected chi connectivity index (χ0v) is 11.0. The van der Waals surface area contributed by atoms with Crippen molar-refractivity contribution in [3.63, 3.8) is 0 Å². The second kappa shape index (κ2) is 7.66. The zero-order valence-electron chi connectivity index (χ0n) is 11.0. The van der Waals surface area contributed by atoms with Crippen LogP contribution >= 0.6 is 0 Å². The molecule has 1 aromatic heterocycles. The first kappa shape index (κ1) is 14.4. The highest BCUT2D eigenvalue weighted by Gasteiger charge is 2.09. The molecule has 5 heteroatoms. The van der Waals surface area contributed by atoms with E-state index < -0.39 is 0 Å². The number of nitrogens with one attached hydrogen (secondary N) is 1. The van der Waals surface area contributed by atoms with E-state index in [-0.39, 0.29) is 11.6 Å². The first-order valence-corrected chi connectivity index (χ1v) is 6.17. The number of hydrogen-bond acceptors (Lipinski definition) is 4. The van der Waals surface area contributed by atoms with Crippen molar-refractivity contribution >= 4 is 11.6 Å². The Balaban J connectivity index is 2.20. The van der Waals surface area contributed by atoms with E-state index in [1.54, 1.807) is 18.3 Å². The third-order valence-electron chi connectivity index (χ3n) is 2.26. The molecule has 0 aliphatic heterocycles. The van der Waals surface area contributed by atoms with E-state index >= 15 is 0 Å². The Morgan fingerprint density at radius 2 is 2.33 bits per heavy atom. The average molecular weight is 251 g/mol. The number of nitrogens with two attached hydrogens (primary N) is 1. The highest BCUT2D eigenvalue weighted by Crippen LogP contribution is 2.06. The van der Waals surface area contributed by atoms with E-state index in [0.29, 0.717) is 24.8 Å². The molecular formula is C13H21N3O2. The van der Waals surface area contributed by atoms with E-state index in [1.165, 1.54) is 0 Å². The second-order valence-corrected chi connectivity index (χ2v) is 4.52. The third-order valence-corrected chi connectivity index (χ3v) is 2.26. The fourth-order valence-corrected chi connectivity index (χ4v) is 1.39. The van der Waals surface area contributed by atoms with E-state index in [4.69, 9.17) is 10.5 Å². The number of hydrogen-bond donors (Lipinski definition) is 2. The van der Waals surface area contributed by atoms with Gasteiger partial charge in [0.25, 0.3) is 5.91 Å². The summed E-state index contributed by atoms with van der Waals surface area (Å²) in [6.07, 6.45) is 2.34. The maximum atomic E-state index is 11.7. The van der Waals surface area contributed by atoms with Gasteiger partial charge >= 0.3 is 0 Å². The van der Waals surface area contributed by atoms with Crippen LogP contribution in [0.15, 0.2) is 18.3 Å². The monoisotopic (exact) mass is 251 g/mol. The fraction of sp³-hybridized carbons (Fsp3) is 0.538. The Hall–Kier alpha value is -1.62. The molecular weight excluding hydrogens is 230 g/mol. The van der Waals surface area contributed by atoms with E-state index in [9.17, 15) is 4.79 Å². The van der Waals surface area contributed by atoms with Crippen molar-refractivity contribution in [3.05, 3.63) is 24.0 Å². The Bertz CT molecular complexity index is 380. The van der Waals surface area contributed by atoms with Gasteiger partial charge in [-0.25, -0.2) is 4.98 Å². The molecule has 1 amide bonds. The van der Waals surface area contributed by atoms with Gasteiger partial charge in [0, 0.05) is 26.0 Å². The molecule has 0 saturated heterocycles. The summed E-state index contributed by atoms with van der Waals surface area (Å²) in [5.41, 5.74) is 6.33. The minimum atomic E-state index is -0.239. The van der Waals surface area contributed by atoms with Crippen molar-refractivity contribution < 1.29 is 9.53 Å². The van der Waals surface area contributed by atoms with Crippen LogP contribution in [0.1, 0.15) is 30.8 Å². The van der Waals surface area contributed by atoms with Crippen molar-refractivity contribution in [2.75, 3.05) is 25.5 Å². The van der Waals surface area contributed by atoms with Crippen LogP contribution in [0, 0.1) is 5.92 Å². The standard InChI is InChI=1S/C13H21N3O2/c1-10(2)9-18-8-4-7-16-13(17)12-11(14)5-3-6-15-12/h3,5-6,10H,4,7-9,14H2,1-2H3,(H,16,17). The molecule has 1 aromatic rings. The smallest absolute Gasteiger partial charge is 0.272 e. The average Bonchev–Trinajstić information content (AvgIpc) is 2.33. The van der Waals surface area contributed by atoms with Crippen molar-refractivity contribution in [2.24, 2.45) is 5.92 Å². The Morgan fingerprint density at radius 3 is 3.00 bits per heavy atom. The van der Waals surface area contributed by atoms with Crippen molar-refractivity contribution in [1.29, 1.82) is 0 Å². The topological polar surface area (TPSA) is 77.2 Å². The third kappa shape index (κ3) is 5.14. The predicted octanol–water partition coefficient (Wildman–Crippen LogP) is 1.46. The first-order chi connectivity index (χ1) is 8.61. The molecule has 5 nitrogen and oxygen atoms in total. The maximum absolute atomic E-state index is 11.7. The molecule has 0 aromatic carbocycles. The number of pyridine rings is 1. The number of aromatic nitrogens is 1. The maximum Gasteiger partial charge on any atom is 0.272 e. The van der Waals surface area contributed by atoms with Gasteiger partial charge in [0.2, 0.25) is 0 Å². The molecule has 0 bridgehead atoms. The molecule has 0 atom stereocenters. The number of rotatable bonds is 7. The molecule has 0 saturated carbocycles. The number of amides is 1. The van der Waals surface area contributed by atoms with Crippen LogP contribution in [-0.4, -0.2) is 30.6 Å². The van der Waals surface area contributed by atoms with Crippen LogP contribution in [0.2, 0.25) is 0 Å². The summed E-state index contributed by atoms with van der Waals surface area (Å²) in [4.78, 5) is 15.7. The Kier molecular flexibility index (Phi) is 6.14. The molecule has 0 aliphatic carbocycles. The predicted molar refractivity (Wildman–Crippen MR) is 71.3 cm³/mol. The lowest BCUT2D eigenvalue weighted by Crippen LogP contribution is -2.27. The molecule has 18 heavy (non-hydrogen) atoms. The molecule has 1 heterocycles. The molecule has 1 rings (SSSR count). The number of anilines is 1. The van der Waals surface area contributed by atoms with Gasteiger partial charge in [-0.1, -0.05) is 13.8 Å². The lowest BCUT2D eigenvalue weighted by Gasteiger charge is -2.08. The first-order valence-electron chi connectivity index (χ1n) is 6.17. The van der Waals surface area contributed by atoms with Crippen LogP contribution in [0.25, 0.3) is 0 Å². The minimum Gasteiger partial charge on any atom is -0.397 e. The van der Waals surface area contributed by atoms with Crippen molar-refractivity contribution in [1.82, 2.24) is 10.3 Å². The number of nitrogen functional groups attached to an aromatic ring is 1. The van der Waals surface area contributed by atoms with Crippen LogP contribution in [0.4, 0.5) is 5.69 Å². The Morgan fingerprint density at radius 1 is 1.56 bits per heavy atom. The lowest BCUT2D eigenvalue weighted by atomic mass is 10.2. The summed E-state index contributed by atoms with van der Waals surface area (Å²) in [6, 6.07) is 3.36. The molecule has 0 aliphatic rings. The van der Waals surface area contributed by atoms with E-state index in [2.05, 4.69) is 24.1 Å². The fourth-order valence-electron chi connectivity index (χ4n) is 1.39. The SMILES string of the molecule is CC(C)COCCCNC(=O)c1ncccc1N. The molecule has 0 radical (unpaired) electrons. The molecule has 0 fully saturated rings. The number of carbonyl (C=O) groups excluding carboxylic acids is 1. The van der Waals surface area contributed by atoms with Gasteiger partial charge in [0.05, 0.1) is 5.69 Å². The molecule has 100 valence electrons. The van der Waals surface area contributed by atoms with Crippen LogP contribution in [0.3, 0.4) is 0 Å². The normalized spacial score (nSPS) is 10.6. The summed E-state index contributed by atoms with van der Waals surface area (Å²) < 4.78 is 5.41. The Labute approximate surface area is 108 Å². The summed E-state index contributed by atoms with van der Waals surface area (Å²) in [6.45, 7) is 6.17. The van der Waals surface area contributed by atoms with E-state index in [1.807, 2.05) is 0 Å². The highest BCUT2D eigenvalue weighted by atomic mass is 16.5. The highest BCUT2D eigenvalue weighted by molar-refractivity contribution is 5.96. The van der Waals surface area contributed by atoms with Crippen LogP contribution < -0.4 is 11.1 Å². The molecule has 3 N–H and O–H groups in total. The minimum absolute atomic E-state index is 0.239. The largest absolute Gasteiger partial charge is 0.397 e. The number of carbonyl (C=O) groups is 1. The van der Waals surface area contributed by atoms with Gasteiger partial charge < -0.3 is 15.8 Å². The summed E-state index contributed by atoms with van der Waals surface area (Å²) in [5.74, 6) is 0.296. The van der Waals surface area contributed by atoms with E-state index in [0.717, 1.165) is 13.0 Å². The summed E-state index contributed by atoms with van der Waals surface area (Å²) in [7, 11) is 0. The second-order valence-electron chi connectivity index (χ2n) is 4.52. The summed E-state index contributed by atoms with van der Waals surface area (Å²) >= 11 is 0. The zero-order chi connectivity index (χ0) is 13.4. The van der Waals surface area contributed by atoms with Gasteiger partial charge in [-0.2, -0.15) is 0 Å². The van der Waals surface area contributed by atoms with Gasteiger partial charge in [-0.05, 0) is 24.5 Å². The van der Waals surface area contributed by atoms with Gasteiger partial charge in [-0.3, -0.25) is 4.79 Å². The van der Waals surface area contributed by atoms with Crippen molar-refractivity contribution in [3.8, 4) is 0 Å². The number of nitrogens with zero attached hydrogens (tertiary/aromatic N) is 1. The van der Waals surface area contributed by atoms with Gasteiger partial charge in [0.15, 0.2) is 5.69 Å². The molecule has 0 spiro atoms. The van der Waals surface area contributed by atoms with Gasteiger partial charge in [-0.15, -0.1) is 0 Å². The number of ether oxygens (including phenoxy) is 1. The van der Waals surface area contributed by atoms with Crippen molar-refractivity contribution in [2.45, 2.75) is 20.3 Å². The molecule has 0 unspecified atom stereocenters. The lowest BCUT2D eigenvalue weighted by molar-refractivity contribution is 0.0921. The van der Waals surface area contributed by atoms with Crippen LogP contribution in [-0.2, 0) is 4.74 Å². The summed E-state index contributed by atoms with van der Waals surface area (Å²) in [5, 5.41) is 2.77. The van der Waals surface area contributed by atoms with Crippen LogP contribution in [0.5, 0.6) is 0 Å². The van der Waals surface area contributed by atoms with Gasteiger partial charge in [0.1, 0.15) is 0 Å². The quantitative estimate of drug-likeness (QED) is 0.719.